The van der Waals surface area contributed by atoms with E-state index in [1.54, 1.807) is 0 Å². The van der Waals surface area contributed by atoms with E-state index in [4.69, 9.17) is 19.1 Å². The molecule has 0 saturated heterocycles. The zero-order valence-electron chi connectivity index (χ0n) is 36.0. The van der Waals surface area contributed by atoms with Gasteiger partial charge in [0.1, 0.15) is 12.7 Å². The van der Waals surface area contributed by atoms with E-state index in [0.717, 1.165) is 50.4 Å². The van der Waals surface area contributed by atoms with Crippen molar-refractivity contribution in [3.8, 4) is 0 Å². The summed E-state index contributed by atoms with van der Waals surface area (Å²) in [7, 11) is -4.61. The molecule has 0 amide bonds. The van der Waals surface area contributed by atoms with Gasteiger partial charge >= 0.3 is 19.8 Å². The zero-order chi connectivity index (χ0) is 40.8. The molecular weight excluding hydrogens is 719 g/mol. The highest BCUT2D eigenvalue weighted by molar-refractivity contribution is 7.47. The van der Waals surface area contributed by atoms with Gasteiger partial charge in [0.25, 0.3) is 0 Å². The third kappa shape index (κ3) is 39.6. The number of carbonyl (C=O) groups excluding carboxylic acids is 2. The molecule has 0 bridgehead atoms. The van der Waals surface area contributed by atoms with Crippen molar-refractivity contribution in [3.05, 3.63) is 0 Å². The van der Waals surface area contributed by atoms with Crippen molar-refractivity contribution in [2.45, 2.75) is 233 Å². The third-order valence-corrected chi connectivity index (χ3v) is 11.4. The van der Waals surface area contributed by atoms with Crippen molar-refractivity contribution in [2.24, 2.45) is 11.8 Å². The fraction of sp³-hybridized carbons (Fsp3) is 0.955. The number of aliphatic hydroxyl groups is 2. The average Bonchev–Trinajstić information content (AvgIpc) is 3.16. The first-order valence-corrected chi connectivity index (χ1v) is 24.2. The SMILES string of the molecule is CCC(C)CCCCCCCCCCCCCCCCCCCCC(=O)O[C@H](COC(=O)CCCCCCCCCC(C)C)COP(=O)(O)OC[C@@H](O)CO. The van der Waals surface area contributed by atoms with Crippen LogP contribution in [0.25, 0.3) is 0 Å². The van der Waals surface area contributed by atoms with Gasteiger partial charge in [-0.2, -0.15) is 0 Å². The lowest BCUT2D eigenvalue weighted by Gasteiger charge is -2.20. The second-order valence-corrected chi connectivity index (χ2v) is 18.0. The molecule has 0 aromatic rings. The summed E-state index contributed by atoms with van der Waals surface area (Å²) in [5, 5.41) is 18.3. The van der Waals surface area contributed by atoms with Crippen LogP contribution >= 0.6 is 7.82 Å². The molecule has 55 heavy (non-hydrogen) atoms. The van der Waals surface area contributed by atoms with Gasteiger partial charge in [0, 0.05) is 12.8 Å². The summed E-state index contributed by atoms with van der Waals surface area (Å²) in [5.41, 5.74) is 0. The normalized spacial score (nSPS) is 14.5. The Morgan fingerprint density at radius 1 is 0.545 bits per heavy atom. The second kappa shape index (κ2) is 38.5. The van der Waals surface area contributed by atoms with E-state index in [9.17, 15) is 24.2 Å². The van der Waals surface area contributed by atoms with Crippen LogP contribution in [0, 0.1) is 11.8 Å². The van der Waals surface area contributed by atoms with Gasteiger partial charge in [-0.25, -0.2) is 4.57 Å². The largest absolute Gasteiger partial charge is 0.472 e. The van der Waals surface area contributed by atoms with Crippen molar-refractivity contribution >= 4 is 19.8 Å². The number of phosphoric acid groups is 1. The summed E-state index contributed by atoms with van der Waals surface area (Å²) in [6.07, 6.45) is 32.3. The summed E-state index contributed by atoms with van der Waals surface area (Å²) >= 11 is 0. The van der Waals surface area contributed by atoms with E-state index < -0.39 is 51.8 Å². The predicted octanol–water partition coefficient (Wildman–Crippen LogP) is 11.9. The van der Waals surface area contributed by atoms with Gasteiger partial charge in [-0.15, -0.1) is 0 Å². The summed E-state index contributed by atoms with van der Waals surface area (Å²) < 4.78 is 32.7. The number of ether oxygens (including phenoxy) is 2. The number of carbonyl (C=O) groups is 2. The molecule has 0 aliphatic heterocycles. The monoisotopic (exact) mass is 807 g/mol. The fourth-order valence-electron chi connectivity index (χ4n) is 6.57. The molecule has 0 aliphatic rings. The maximum atomic E-state index is 12.6. The molecule has 0 heterocycles. The first-order valence-electron chi connectivity index (χ1n) is 22.7. The van der Waals surface area contributed by atoms with E-state index >= 15 is 0 Å². The highest BCUT2D eigenvalue weighted by atomic mass is 31.2. The molecule has 0 aliphatic carbocycles. The lowest BCUT2D eigenvalue weighted by atomic mass is 9.99. The summed E-state index contributed by atoms with van der Waals surface area (Å²) in [6, 6.07) is 0. The first-order chi connectivity index (χ1) is 26.5. The molecular formula is C44H87O10P. The minimum atomic E-state index is -4.61. The molecule has 0 rings (SSSR count). The first kappa shape index (κ1) is 54.0. The van der Waals surface area contributed by atoms with Crippen LogP contribution in [0.2, 0.25) is 0 Å². The Morgan fingerprint density at radius 3 is 1.35 bits per heavy atom. The quantitative estimate of drug-likeness (QED) is 0.0309. The maximum Gasteiger partial charge on any atom is 0.472 e. The van der Waals surface area contributed by atoms with Gasteiger partial charge in [0.05, 0.1) is 19.8 Å². The van der Waals surface area contributed by atoms with Gasteiger partial charge in [0.2, 0.25) is 0 Å². The summed E-state index contributed by atoms with van der Waals surface area (Å²) in [6.45, 7) is 7.06. The second-order valence-electron chi connectivity index (χ2n) is 16.5. The van der Waals surface area contributed by atoms with E-state index in [1.165, 1.54) is 128 Å². The Kier molecular flexibility index (Phi) is 37.8. The van der Waals surface area contributed by atoms with Gasteiger partial charge in [0.15, 0.2) is 6.10 Å². The zero-order valence-corrected chi connectivity index (χ0v) is 36.9. The molecule has 10 nitrogen and oxygen atoms in total. The average molecular weight is 807 g/mol. The van der Waals surface area contributed by atoms with Crippen molar-refractivity contribution in [2.75, 3.05) is 26.4 Å². The molecule has 3 N–H and O–H groups in total. The number of phosphoric ester groups is 1. The van der Waals surface area contributed by atoms with Crippen LogP contribution in [0.5, 0.6) is 0 Å². The Labute approximate surface area is 337 Å². The number of hydrogen-bond donors (Lipinski definition) is 3. The minimum absolute atomic E-state index is 0.191. The molecule has 0 aromatic carbocycles. The predicted molar refractivity (Wildman–Crippen MR) is 224 cm³/mol. The molecule has 11 heteroatoms. The van der Waals surface area contributed by atoms with E-state index in [0.29, 0.717) is 12.8 Å². The molecule has 0 spiro atoms. The van der Waals surface area contributed by atoms with Crippen LogP contribution in [0.3, 0.4) is 0 Å². The van der Waals surface area contributed by atoms with Crippen LogP contribution in [-0.2, 0) is 32.7 Å². The van der Waals surface area contributed by atoms with Gasteiger partial charge in [-0.3, -0.25) is 18.6 Å². The van der Waals surface area contributed by atoms with Crippen LogP contribution in [0.1, 0.15) is 220 Å². The highest BCUT2D eigenvalue weighted by Gasteiger charge is 2.27. The maximum absolute atomic E-state index is 12.6. The Hall–Kier alpha value is -1.03. The number of aliphatic hydroxyl groups excluding tert-OH is 2. The van der Waals surface area contributed by atoms with Crippen LogP contribution < -0.4 is 0 Å². The summed E-state index contributed by atoms with van der Waals surface area (Å²) in [4.78, 5) is 34.9. The smallest absolute Gasteiger partial charge is 0.462 e. The Morgan fingerprint density at radius 2 is 0.927 bits per heavy atom. The number of unbranched alkanes of at least 4 members (excludes halogenated alkanes) is 23. The van der Waals surface area contributed by atoms with Crippen molar-refractivity contribution in [1.29, 1.82) is 0 Å². The van der Waals surface area contributed by atoms with Crippen LogP contribution in [0.15, 0.2) is 0 Å². The van der Waals surface area contributed by atoms with Crippen molar-refractivity contribution < 1.29 is 47.8 Å². The molecule has 328 valence electrons. The molecule has 0 aromatic heterocycles. The number of esters is 2. The van der Waals surface area contributed by atoms with Crippen LogP contribution in [-0.4, -0.2) is 65.7 Å². The van der Waals surface area contributed by atoms with E-state index in [2.05, 4.69) is 32.2 Å². The van der Waals surface area contributed by atoms with Crippen LogP contribution in [0.4, 0.5) is 0 Å². The van der Waals surface area contributed by atoms with Gasteiger partial charge in [-0.05, 0) is 24.7 Å². The highest BCUT2D eigenvalue weighted by Crippen LogP contribution is 2.43. The van der Waals surface area contributed by atoms with Crippen molar-refractivity contribution in [1.82, 2.24) is 0 Å². The van der Waals surface area contributed by atoms with Gasteiger partial charge < -0.3 is 24.6 Å². The lowest BCUT2D eigenvalue weighted by molar-refractivity contribution is -0.161. The molecule has 4 atom stereocenters. The van der Waals surface area contributed by atoms with Crippen molar-refractivity contribution in [3.63, 3.8) is 0 Å². The number of rotatable bonds is 42. The topological polar surface area (TPSA) is 149 Å². The lowest BCUT2D eigenvalue weighted by Crippen LogP contribution is -2.29. The third-order valence-electron chi connectivity index (χ3n) is 10.5. The summed E-state index contributed by atoms with van der Waals surface area (Å²) in [5.74, 6) is 0.725. The fourth-order valence-corrected chi connectivity index (χ4v) is 7.36. The Bertz CT molecular complexity index is 917. The van der Waals surface area contributed by atoms with Gasteiger partial charge in [-0.1, -0.05) is 195 Å². The molecule has 0 radical (unpaired) electrons. The number of hydrogen-bond acceptors (Lipinski definition) is 9. The Balaban J connectivity index is 4.13. The molecule has 0 fully saturated rings. The molecule has 0 saturated carbocycles. The minimum Gasteiger partial charge on any atom is -0.462 e. The van der Waals surface area contributed by atoms with E-state index in [-0.39, 0.29) is 19.4 Å². The molecule has 2 unspecified atom stereocenters. The van der Waals surface area contributed by atoms with E-state index in [1.807, 2.05) is 0 Å². The standard InChI is InChI=1S/C44H87O10P/c1-5-40(4)32-28-24-20-16-14-12-10-8-6-7-9-11-13-15-17-21-26-30-34-44(48)54-42(38-53-55(49,50)52-36-41(46)35-45)37-51-43(47)33-29-25-22-18-19-23-27-31-39(2)3/h39-42,45-46H,5-38H2,1-4H3,(H,49,50)/t40?,41-,42+/m0/s1.